The second-order valence-corrected chi connectivity index (χ2v) is 8.20. The molecule has 2 aliphatic rings. The molecule has 2 saturated heterocycles. The van der Waals surface area contributed by atoms with Gasteiger partial charge in [-0.15, -0.1) is 13.1 Å². The van der Waals surface area contributed by atoms with Crippen molar-refractivity contribution < 1.29 is 48.5 Å². The predicted octanol–water partition coefficient (Wildman–Crippen LogP) is 1.14. The van der Waals surface area contributed by atoms with Crippen LogP contribution in [-0.4, -0.2) is 100 Å². The SMILES string of the molecule is CN(C)c1cc(F)nc(N2CC[N-]CC2)n1.Cc1cc(N(C)C)nc(N2CCNCC2)n1.[Ac]. The van der Waals surface area contributed by atoms with Crippen LogP contribution in [0.3, 0.4) is 0 Å². The number of rotatable bonds is 4. The van der Waals surface area contributed by atoms with E-state index in [2.05, 4.69) is 35.5 Å². The maximum absolute atomic E-state index is 13.3. The number of hydrogen-bond donors (Lipinski definition) is 1. The molecule has 1 radical (unpaired) electrons. The molecule has 2 aliphatic heterocycles. The summed E-state index contributed by atoms with van der Waals surface area (Å²) in [6.45, 7) is 9.04. The standard InChI is InChI=1S/C11H19N5.C10H15FN5.Ac/c1-9-8-10(15(2)3)14-11(13-9)16-6-4-12-5-7-16;1-15(2)9-7-8(11)13-10(14-9)16-5-3-12-4-6-16;/h8,12H,4-7H2,1-3H3;7H,3-6H2,1-2H3;/q;-1;. The van der Waals surface area contributed by atoms with Crippen LogP contribution in [-0.2, 0) is 0 Å². The summed E-state index contributed by atoms with van der Waals surface area (Å²) in [5.41, 5.74) is 1.02. The number of aryl methyl sites for hydroxylation is 1. The van der Waals surface area contributed by atoms with Crippen LogP contribution in [0.1, 0.15) is 5.69 Å². The van der Waals surface area contributed by atoms with Crippen LogP contribution in [0.2, 0.25) is 0 Å². The molecule has 33 heavy (non-hydrogen) atoms. The zero-order valence-electron chi connectivity index (χ0n) is 20.3. The molecule has 0 unspecified atom stereocenters. The summed E-state index contributed by atoms with van der Waals surface area (Å²) in [5.74, 6) is 2.38. The van der Waals surface area contributed by atoms with E-state index in [1.165, 1.54) is 6.07 Å². The molecule has 0 saturated carbocycles. The summed E-state index contributed by atoms with van der Waals surface area (Å²) in [5, 5.41) is 7.56. The first kappa shape index (κ1) is 27.9. The Morgan fingerprint density at radius 2 is 1.33 bits per heavy atom. The van der Waals surface area contributed by atoms with E-state index in [9.17, 15) is 4.39 Å². The molecule has 1 N–H and O–H groups in total. The van der Waals surface area contributed by atoms with E-state index in [1.807, 2.05) is 51.0 Å². The molecule has 2 aromatic heterocycles. The van der Waals surface area contributed by atoms with E-state index in [0.29, 0.717) is 11.8 Å². The van der Waals surface area contributed by atoms with Crippen LogP contribution in [0.4, 0.5) is 27.9 Å². The molecule has 4 heterocycles. The summed E-state index contributed by atoms with van der Waals surface area (Å²) < 4.78 is 13.3. The maximum atomic E-state index is 13.3. The van der Waals surface area contributed by atoms with Crippen molar-refractivity contribution in [3.05, 3.63) is 29.1 Å². The van der Waals surface area contributed by atoms with Gasteiger partial charge in [0.25, 0.3) is 0 Å². The Hall–Kier alpha value is -1.35. The number of aromatic nitrogens is 4. The van der Waals surface area contributed by atoms with Crippen LogP contribution >= 0.6 is 0 Å². The molecular formula is C21H34AcFN10-. The van der Waals surface area contributed by atoms with Crippen LogP contribution < -0.4 is 24.9 Å². The summed E-state index contributed by atoms with van der Waals surface area (Å²) in [4.78, 5) is 25.2. The van der Waals surface area contributed by atoms with Crippen molar-refractivity contribution >= 4 is 23.5 Å². The summed E-state index contributed by atoms with van der Waals surface area (Å²) in [6, 6.07) is 3.34. The zero-order chi connectivity index (χ0) is 23.1. The minimum atomic E-state index is -0.490. The van der Waals surface area contributed by atoms with Crippen molar-refractivity contribution in [3.63, 3.8) is 0 Å². The Morgan fingerprint density at radius 1 is 0.818 bits per heavy atom. The van der Waals surface area contributed by atoms with Gasteiger partial charge in [0.2, 0.25) is 17.8 Å². The fourth-order valence-electron chi connectivity index (χ4n) is 3.34. The van der Waals surface area contributed by atoms with E-state index in [4.69, 9.17) is 0 Å². The van der Waals surface area contributed by atoms with Crippen molar-refractivity contribution in [3.8, 4) is 0 Å². The number of nitrogens with one attached hydrogen (secondary N) is 1. The molecule has 0 bridgehead atoms. The molecule has 10 nitrogen and oxygen atoms in total. The molecular weight excluding hydrogens is 638 g/mol. The van der Waals surface area contributed by atoms with Gasteiger partial charge in [0.05, 0.1) is 0 Å². The topological polar surface area (TPSA) is 90.7 Å². The molecule has 0 aromatic carbocycles. The maximum Gasteiger partial charge on any atom is 0.229 e. The van der Waals surface area contributed by atoms with E-state index in [1.54, 1.807) is 4.90 Å². The van der Waals surface area contributed by atoms with Gasteiger partial charge in [-0.3, -0.25) is 0 Å². The minimum absolute atomic E-state index is 0. The second-order valence-electron chi connectivity index (χ2n) is 8.20. The van der Waals surface area contributed by atoms with Crippen molar-refractivity contribution in [2.75, 3.05) is 100 Å². The Labute approximate surface area is 231 Å². The van der Waals surface area contributed by atoms with Crippen molar-refractivity contribution in [1.82, 2.24) is 25.3 Å². The van der Waals surface area contributed by atoms with Gasteiger partial charge in [0.15, 0.2) is 0 Å². The first-order chi connectivity index (χ1) is 15.3. The number of anilines is 4. The van der Waals surface area contributed by atoms with Gasteiger partial charge in [0, 0.05) is 129 Å². The van der Waals surface area contributed by atoms with Crippen LogP contribution in [0.15, 0.2) is 12.1 Å². The van der Waals surface area contributed by atoms with E-state index in [-0.39, 0.29) is 44.1 Å². The third-order valence-electron chi connectivity index (χ3n) is 5.15. The largest absolute Gasteiger partial charge is 0.659 e. The third-order valence-corrected chi connectivity index (χ3v) is 5.15. The first-order valence-electron chi connectivity index (χ1n) is 10.9. The average Bonchev–Trinajstić information content (AvgIpc) is 2.80. The third kappa shape index (κ3) is 8.42. The van der Waals surface area contributed by atoms with Gasteiger partial charge in [0.1, 0.15) is 11.6 Å². The normalized spacial score (nSPS) is 15.8. The Bertz CT molecular complexity index is 799. The second kappa shape index (κ2) is 13.5. The van der Waals surface area contributed by atoms with Crippen LogP contribution in [0, 0.1) is 56.9 Å². The summed E-state index contributed by atoms with van der Waals surface area (Å²) in [7, 11) is 7.67. The van der Waals surface area contributed by atoms with Gasteiger partial charge < -0.3 is 30.2 Å². The Balaban J connectivity index is 0.000000227. The molecule has 0 amide bonds. The van der Waals surface area contributed by atoms with E-state index >= 15 is 0 Å². The van der Waals surface area contributed by atoms with Crippen molar-refractivity contribution in [2.24, 2.45) is 0 Å². The zero-order valence-corrected chi connectivity index (χ0v) is 25.0. The van der Waals surface area contributed by atoms with Gasteiger partial charge in [-0.25, -0.2) is 4.98 Å². The summed E-state index contributed by atoms with van der Waals surface area (Å²) >= 11 is 0. The number of halogens is 1. The molecule has 2 fully saturated rings. The van der Waals surface area contributed by atoms with Crippen LogP contribution in [0.25, 0.3) is 5.32 Å². The molecule has 179 valence electrons. The van der Waals surface area contributed by atoms with Gasteiger partial charge >= 0.3 is 0 Å². The number of nitrogens with zero attached hydrogens (tertiary/aromatic N) is 9. The Kier molecular flexibility index (Phi) is 11.4. The molecule has 4 rings (SSSR count). The molecule has 0 atom stereocenters. The summed E-state index contributed by atoms with van der Waals surface area (Å²) in [6.07, 6.45) is 0. The Morgan fingerprint density at radius 3 is 1.91 bits per heavy atom. The molecule has 0 aliphatic carbocycles. The van der Waals surface area contributed by atoms with Crippen LogP contribution in [0.5, 0.6) is 0 Å². The first-order valence-corrected chi connectivity index (χ1v) is 10.9. The smallest absolute Gasteiger partial charge is 0.229 e. The van der Waals surface area contributed by atoms with Gasteiger partial charge in [-0.2, -0.15) is 19.3 Å². The predicted molar refractivity (Wildman–Crippen MR) is 128 cm³/mol. The van der Waals surface area contributed by atoms with Gasteiger partial charge in [-0.05, 0) is 6.92 Å². The van der Waals surface area contributed by atoms with E-state index in [0.717, 1.165) is 69.8 Å². The molecule has 2 aromatic rings. The minimum Gasteiger partial charge on any atom is -0.659 e. The quantitative estimate of drug-likeness (QED) is 0.481. The molecule has 12 heteroatoms. The average molecular weight is 673 g/mol. The van der Waals surface area contributed by atoms with Gasteiger partial charge in [-0.1, -0.05) is 0 Å². The fraction of sp³-hybridized carbons (Fsp3) is 0.619. The monoisotopic (exact) mass is 672 g/mol. The number of hydrogen-bond acceptors (Lipinski definition) is 9. The van der Waals surface area contributed by atoms with Crippen molar-refractivity contribution in [2.45, 2.75) is 6.92 Å². The van der Waals surface area contributed by atoms with Crippen molar-refractivity contribution in [1.29, 1.82) is 0 Å². The molecule has 0 spiro atoms. The fourth-order valence-corrected chi connectivity index (χ4v) is 3.34. The number of piperazine rings is 2. The van der Waals surface area contributed by atoms with E-state index < -0.39 is 5.95 Å².